The van der Waals surface area contributed by atoms with Gasteiger partial charge in [0.2, 0.25) is 0 Å². The lowest BCUT2D eigenvalue weighted by Crippen LogP contribution is -2.37. The Labute approximate surface area is 145 Å². The van der Waals surface area contributed by atoms with Crippen molar-refractivity contribution in [3.63, 3.8) is 0 Å². The van der Waals surface area contributed by atoms with Crippen molar-refractivity contribution in [3.8, 4) is 0 Å². The zero-order chi connectivity index (χ0) is 16.9. The Hall–Kier alpha value is -2.40. The van der Waals surface area contributed by atoms with Crippen molar-refractivity contribution < 1.29 is 9.59 Å². The molecule has 0 spiro atoms. The van der Waals surface area contributed by atoms with Crippen LogP contribution in [0.15, 0.2) is 48.8 Å². The number of nitrogens with zero attached hydrogens (tertiary/aromatic N) is 3. The molecule has 124 valence electrons. The van der Waals surface area contributed by atoms with E-state index in [2.05, 4.69) is 4.98 Å². The van der Waals surface area contributed by atoms with Gasteiger partial charge in [-0.25, -0.2) is 0 Å². The average Bonchev–Trinajstić information content (AvgIpc) is 2.88. The lowest BCUT2D eigenvalue weighted by molar-refractivity contribution is 0.0718. The molecule has 1 aliphatic rings. The van der Waals surface area contributed by atoms with Crippen LogP contribution in [0, 0.1) is 0 Å². The first kappa shape index (κ1) is 16.5. The maximum Gasteiger partial charge on any atom is 0.255 e. The molecule has 1 aromatic heterocycles. The van der Waals surface area contributed by atoms with E-state index in [0.717, 1.165) is 6.42 Å². The number of amides is 2. The van der Waals surface area contributed by atoms with Crippen LogP contribution in [0.4, 0.5) is 0 Å². The molecule has 2 heterocycles. The molecular formula is C18H18ClN3O2. The first-order valence-corrected chi connectivity index (χ1v) is 8.27. The summed E-state index contributed by atoms with van der Waals surface area (Å²) in [7, 11) is 0. The number of hydrogen-bond donors (Lipinski definition) is 0. The third-order valence-electron chi connectivity index (χ3n) is 4.07. The number of hydrogen-bond acceptors (Lipinski definition) is 3. The van der Waals surface area contributed by atoms with Crippen molar-refractivity contribution in [1.29, 1.82) is 0 Å². The Morgan fingerprint density at radius 3 is 2.08 bits per heavy atom. The van der Waals surface area contributed by atoms with Crippen LogP contribution in [-0.4, -0.2) is 52.8 Å². The monoisotopic (exact) mass is 343 g/mol. The van der Waals surface area contributed by atoms with Gasteiger partial charge in [0.1, 0.15) is 0 Å². The second-order valence-electron chi connectivity index (χ2n) is 5.69. The number of pyridine rings is 1. The molecule has 3 rings (SSSR count). The van der Waals surface area contributed by atoms with Gasteiger partial charge in [0.15, 0.2) is 0 Å². The van der Waals surface area contributed by atoms with Gasteiger partial charge in [-0.05, 0) is 42.8 Å². The molecule has 1 aliphatic heterocycles. The smallest absolute Gasteiger partial charge is 0.255 e. The first-order valence-electron chi connectivity index (χ1n) is 7.89. The number of halogens is 1. The molecule has 5 nitrogen and oxygen atoms in total. The molecule has 0 atom stereocenters. The van der Waals surface area contributed by atoms with Gasteiger partial charge in [-0.3, -0.25) is 14.6 Å². The summed E-state index contributed by atoms with van der Waals surface area (Å²) in [6.07, 6.45) is 3.97. The van der Waals surface area contributed by atoms with E-state index in [0.29, 0.717) is 42.3 Å². The summed E-state index contributed by atoms with van der Waals surface area (Å²) < 4.78 is 0. The molecule has 2 amide bonds. The normalized spacial score (nSPS) is 15.0. The van der Waals surface area contributed by atoms with Crippen LogP contribution in [0.5, 0.6) is 0 Å². The van der Waals surface area contributed by atoms with Crippen molar-refractivity contribution in [2.75, 3.05) is 26.2 Å². The van der Waals surface area contributed by atoms with Crippen molar-refractivity contribution in [2.24, 2.45) is 0 Å². The van der Waals surface area contributed by atoms with E-state index in [4.69, 9.17) is 11.6 Å². The summed E-state index contributed by atoms with van der Waals surface area (Å²) in [6.45, 7) is 2.32. The number of carbonyl (C=O) groups excluding carboxylic acids is 2. The highest BCUT2D eigenvalue weighted by Crippen LogP contribution is 2.14. The summed E-state index contributed by atoms with van der Waals surface area (Å²) >= 11 is 5.87. The summed E-state index contributed by atoms with van der Waals surface area (Å²) in [5.74, 6) is -0.0637. The Morgan fingerprint density at radius 1 is 0.875 bits per heavy atom. The molecule has 0 saturated carbocycles. The van der Waals surface area contributed by atoms with E-state index in [-0.39, 0.29) is 11.8 Å². The van der Waals surface area contributed by atoms with E-state index >= 15 is 0 Å². The zero-order valence-corrected chi connectivity index (χ0v) is 13.9. The molecule has 0 radical (unpaired) electrons. The van der Waals surface area contributed by atoms with Crippen LogP contribution in [0.3, 0.4) is 0 Å². The summed E-state index contributed by atoms with van der Waals surface area (Å²) in [6, 6.07) is 10.4. The van der Waals surface area contributed by atoms with E-state index < -0.39 is 0 Å². The van der Waals surface area contributed by atoms with Crippen molar-refractivity contribution in [2.45, 2.75) is 6.42 Å². The molecule has 0 N–H and O–H groups in total. The molecule has 1 saturated heterocycles. The van der Waals surface area contributed by atoms with Crippen LogP contribution >= 0.6 is 11.6 Å². The number of benzene rings is 1. The summed E-state index contributed by atoms with van der Waals surface area (Å²) in [4.78, 5) is 32.7. The maximum atomic E-state index is 12.6. The van der Waals surface area contributed by atoms with Gasteiger partial charge >= 0.3 is 0 Å². The van der Waals surface area contributed by atoms with Crippen molar-refractivity contribution in [3.05, 3.63) is 64.9 Å². The molecule has 2 aromatic rings. The third kappa shape index (κ3) is 3.74. The number of rotatable bonds is 2. The fraction of sp³-hybridized carbons (Fsp3) is 0.278. The van der Waals surface area contributed by atoms with Gasteiger partial charge in [-0.2, -0.15) is 0 Å². The molecule has 24 heavy (non-hydrogen) atoms. The second-order valence-corrected chi connectivity index (χ2v) is 6.12. The minimum atomic E-state index is -0.0381. The fourth-order valence-corrected chi connectivity index (χ4v) is 2.90. The Bertz CT molecular complexity index is 719. The van der Waals surface area contributed by atoms with Gasteiger partial charge in [0, 0.05) is 49.2 Å². The first-order chi connectivity index (χ1) is 11.6. The molecule has 6 heteroatoms. The largest absolute Gasteiger partial charge is 0.337 e. The maximum absolute atomic E-state index is 12.6. The molecular weight excluding hydrogens is 326 g/mol. The molecule has 0 bridgehead atoms. The summed E-state index contributed by atoms with van der Waals surface area (Å²) in [5, 5.41) is 0.607. The van der Waals surface area contributed by atoms with Gasteiger partial charge < -0.3 is 9.80 Å². The second kappa shape index (κ2) is 7.45. The van der Waals surface area contributed by atoms with Crippen molar-refractivity contribution >= 4 is 23.4 Å². The van der Waals surface area contributed by atoms with Gasteiger partial charge in [0.25, 0.3) is 11.8 Å². The number of carbonyl (C=O) groups is 2. The quantitative estimate of drug-likeness (QED) is 0.842. The van der Waals surface area contributed by atoms with E-state index in [1.165, 1.54) is 0 Å². The highest BCUT2D eigenvalue weighted by Gasteiger charge is 2.23. The van der Waals surface area contributed by atoms with Gasteiger partial charge in [-0.15, -0.1) is 0 Å². The number of aromatic nitrogens is 1. The van der Waals surface area contributed by atoms with Crippen LogP contribution in [0.1, 0.15) is 27.1 Å². The third-order valence-corrected chi connectivity index (χ3v) is 4.32. The zero-order valence-electron chi connectivity index (χ0n) is 13.2. The minimum absolute atomic E-state index is 0.0256. The predicted molar refractivity (Wildman–Crippen MR) is 92.1 cm³/mol. The Balaban J connectivity index is 1.65. The lowest BCUT2D eigenvalue weighted by atomic mass is 10.2. The molecule has 0 unspecified atom stereocenters. The minimum Gasteiger partial charge on any atom is -0.337 e. The van der Waals surface area contributed by atoms with Crippen LogP contribution in [0.25, 0.3) is 0 Å². The lowest BCUT2D eigenvalue weighted by Gasteiger charge is -2.22. The SMILES string of the molecule is O=C(c1ccc(Cl)cc1)N1CCCN(C(=O)c2cccnc2)CC1. The standard InChI is InChI=1S/C18H18ClN3O2/c19-16-6-4-14(5-7-16)17(23)21-9-2-10-22(12-11-21)18(24)15-3-1-8-20-13-15/h1,3-8,13H,2,9-12H2. The molecule has 1 fully saturated rings. The average molecular weight is 344 g/mol. The Kier molecular flexibility index (Phi) is 5.11. The Morgan fingerprint density at radius 2 is 1.50 bits per heavy atom. The van der Waals surface area contributed by atoms with Gasteiger partial charge in [0.05, 0.1) is 5.56 Å². The van der Waals surface area contributed by atoms with E-state index in [1.54, 1.807) is 58.6 Å². The highest BCUT2D eigenvalue weighted by molar-refractivity contribution is 6.30. The van der Waals surface area contributed by atoms with Crippen LogP contribution in [0.2, 0.25) is 5.02 Å². The topological polar surface area (TPSA) is 53.5 Å². The van der Waals surface area contributed by atoms with Crippen molar-refractivity contribution in [1.82, 2.24) is 14.8 Å². The van der Waals surface area contributed by atoms with Gasteiger partial charge in [-0.1, -0.05) is 11.6 Å². The van der Waals surface area contributed by atoms with E-state index in [9.17, 15) is 9.59 Å². The summed E-state index contributed by atoms with van der Waals surface area (Å²) in [5.41, 5.74) is 1.20. The predicted octanol–water partition coefficient (Wildman–Crippen LogP) is 2.72. The van der Waals surface area contributed by atoms with E-state index in [1.807, 2.05) is 0 Å². The molecule has 0 aliphatic carbocycles. The van der Waals surface area contributed by atoms with Crippen LogP contribution < -0.4 is 0 Å². The molecule has 1 aromatic carbocycles. The fourth-order valence-electron chi connectivity index (χ4n) is 2.77. The van der Waals surface area contributed by atoms with Crippen LogP contribution in [-0.2, 0) is 0 Å². The highest BCUT2D eigenvalue weighted by atomic mass is 35.5.